The van der Waals surface area contributed by atoms with Crippen molar-refractivity contribution in [3.8, 4) is 0 Å². The van der Waals surface area contributed by atoms with E-state index in [1.807, 2.05) is 0 Å². The van der Waals surface area contributed by atoms with Crippen molar-refractivity contribution in [2.75, 3.05) is 23.4 Å². The fourth-order valence-corrected chi connectivity index (χ4v) is 2.11. The molecule has 0 unspecified atom stereocenters. The molecule has 0 bridgehead atoms. The van der Waals surface area contributed by atoms with Crippen LogP contribution < -0.4 is 4.31 Å². The van der Waals surface area contributed by atoms with Gasteiger partial charge < -0.3 is 9.04 Å². The zero-order valence-corrected chi connectivity index (χ0v) is 8.77. The Hall–Kier alpha value is -1.27. The number of hydrogen-bond donors (Lipinski definition) is 0. The number of nitrogens with zero attached hydrogens (tertiary/aromatic N) is 2. The summed E-state index contributed by atoms with van der Waals surface area (Å²) in [4.78, 5) is 10.1. The smallest absolute Gasteiger partial charge is 0.269 e. The standard InChI is InChI=1S/C9H10N2O3S/c12-11(13)9-3-1-8(2-4-9)10-5-6-14-7-15-10/h1-4H,5-7H2. The van der Waals surface area contributed by atoms with Crippen LogP contribution in [0.4, 0.5) is 11.4 Å². The lowest BCUT2D eigenvalue weighted by atomic mass is 10.3. The van der Waals surface area contributed by atoms with E-state index in [0.717, 1.165) is 12.2 Å². The number of nitro groups is 1. The second kappa shape index (κ2) is 4.50. The van der Waals surface area contributed by atoms with Gasteiger partial charge in [-0.15, -0.1) is 0 Å². The molecule has 1 aromatic rings. The molecular weight excluding hydrogens is 216 g/mol. The van der Waals surface area contributed by atoms with Gasteiger partial charge in [0.2, 0.25) is 0 Å². The number of ether oxygens (including phenoxy) is 1. The summed E-state index contributed by atoms with van der Waals surface area (Å²) in [5.74, 6) is 0.636. The maximum atomic E-state index is 10.5. The minimum Gasteiger partial charge on any atom is -0.367 e. The van der Waals surface area contributed by atoms with Gasteiger partial charge in [0, 0.05) is 17.8 Å². The molecule has 6 heteroatoms. The monoisotopic (exact) mass is 226 g/mol. The van der Waals surface area contributed by atoms with E-state index in [1.54, 1.807) is 24.1 Å². The van der Waals surface area contributed by atoms with Gasteiger partial charge in [-0.25, -0.2) is 0 Å². The Labute approximate surface area is 91.3 Å². The molecule has 0 N–H and O–H groups in total. The first-order valence-corrected chi connectivity index (χ1v) is 5.44. The summed E-state index contributed by atoms with van der Waals surface area (Å²) >= 11 is 1.57. The minimum absolute atomic E-state index is 0.122. The Bertz CT molecular complexity index is 349. The van der Waals surface area contributed by atoms with Crippen LogP contribution in [0.15, 0.2) is 24.3 Å². The second-order valence-electron chi connectivity index (χ2n) is 3.03. The van der Waals surface area contributed by atoms with E-state index in [9.17, 15) is 10.1 Å². The quantitative estimate of drug-likeness (QED) is 0.439. The molecule has 0 aromatic heterocycles. The van der Waals surface area contributed by atoms with Crippen molar-refractivity contribution < 1.29 is 9.66 Å². The van der Waals surface area contributed by atoms with Crippen molar-refractivity contribution in [3.63, 3.8) is 0 Å². The van der Waals surface area contributed by atoms with Crippen LogP contribution >= 0.6 is 11.9 Å². The Kier molecular flexibility index (Phi) is 3.08. The molecule has 80 valence electrons. The topological polar surface area (TPSA) is 55.6 Å². The first-order chi connectivity index (χ1) is 7.27. The molecule has 1 aromatic carbocycles. The van der Waals surface area contributed by atoms with E-state index in [1.165, 1.54) is 12.1 Å². The van der Waals surface area contributed by atoms with Crippen LogP contribution in [0.3, 0.4) is 0 Å². The van der Waals surface area contributed by atoms with Crippen LogP contribution in [0.1, 0.15) is 0 Å². The molecule has 1 fully saturated rings. The van der Waals surface area contributed by atoms with Gasteiger partial charge in [-0.05, 0) is 24.1 Å². The van der Waals surface area contributed by atoms with E-state index in [0.29, 0.717) is 12.5 Å². The van der Waals surface area contributed by atoms with Crippen LogP contribution in [-0.4, -0.2) is 24.0 Å². The fraction of sp³-hybridized carbons (Fsp3) is 0.333. The van der Waals surface area contributed by atoms with E-state index in [-0.39, 0.29) is 5.69 Å². The van der Waals surface area contributed by atoms with Gasteiger partial charge in [-0.1, -0.05) is 0 Å². The maximum Gasteiger partial charge on any atom is 0.269 e. The summed E-state index contributed by atoms with van der Waals surface area (Å²) in [5, 5.41) is 10.5. The second-order valence-corrected chi connectivity index (χ2v) is 3.97. The predicted molar refractivity (Wildman–Crippen MR) is 58.9 cm³/mol. The molecule has 0 amide bonds. The van der Waals surface area contributed by atoms with Crippen molar-refractivity contribution in [2.24, 2.45) is 0 Å². The van der Waals surface area contributed by atoms with Gasteiger partial charge in [0.05, 0.1) is 18.1 Å². The minimum atomic E-state index is -0.393. The van der Waals surface area contributed by atoms with Gasteiger partial charge >= 0.3 is 0 Å². The number of benzene rings is 1. The van der Waals surface area contributed by atoms with Gasteiger partial charge in [-0.2, -0.15) is 0 Å². The molecular formula is C9H10N2O3S. The molecule has 0 atom stereocenters. The first kappa shape index (κ1) is 10.3. The maximum absolute atomic E-state index is 10.5. The highest BCUT2D eigenvalue weighted by molar-refractivity contribution is 8.00. The van der Waals surface area contributed by atoms with Crippen molar-refractivity contribution >= 4 is 23.3 Å². The zero-order chi connectivity index (χ0) is 10.7. The average molecular weight is 226 g/mol. The molecule has 0 aliphatic carbocycles. The van der Waals surface area contributed by atoms with Crippen LogP contribution in [0.2, 0.25) is 0 Å². The van der Waals surface area contributed by atoms with E-state index < -0.39 is 4.92 Å². The molecule has 0 radical (unpaired) electrons. The highest BCUT2D eigenvalue weighted by atomic mass is 32.2. The number of non-ortho nitro benzene ring substituents is 1. The van der Waals surface area contributed by atoms with Crippen molar-refractivity contribution in [3.05, 3.63) is 34.4 Å². The van der Waals surface area contributed by atoms with Crippen molar-refractivity contribution in [1.29, 1.82) is 0 Å². The lowest BCUT2D eigenvalue weighted by Gasteiger charge is -2.27. The number of anilines is 1. The zero-order valence-electron chi connectivity index (χ0n) is 7.96. The van der Waals surface area contributed by atoms with Gasteiger partial charge in [0.25, 0.3) is 5.69 Å². The summed E-state index contributed by atoms with van der Waals surface area (Å²) in [6.07, 6.45) is 0. The lowest BCUT2D eigenvalue weighted by molar-refractivity contribution is -0.384. The van der Waals surface area contributed by atoms with Crippen molar-refractivity contribution in [1.82, 2.24) is 0 Å². The van der Waals surface area contributed by atoms with Crippen molar-refractivity contribution in [2.45, 2.75) is 0 Å². The van der Waals surface area contributed by atoms with Crippen LogP contribution in [0, 0.1) is 10.1 Å². The highest BCUT2D eigenvalue weighted by Gasteiger charge is 2.13. The van der Waals surface area contributed by atoms with Gasteiger partial charge in [0.1, 0.15) is 5.94 Å². The molecule has 5 nitrogen and oxygen atoms in total. The molecule has 0 saturated carbocycles. The molecule has 1 aliphatic rings. The van der Waals surface area contributed by atoms with Crippen LogP contribution in [0.5, 0.6) is 0 Å². The Morgan fingerprint density at radius 3 is 2.67 bits per heavy atom. The third kappa shape index (κ3) is 2.40. The van der Waals surface area contributed by atoms with Crippen LogP contribution in [0.25, 0.3) is 0 Å². The highest BCUT2D eigenvalue weighted by Crippen LogP contribution is 2.26. The predicted octanol–water partition coefficient (Wildman–Crippen LogP) is 2.04. The number of nitro benzene ring substituents is 1. The third-order valence-corrected chi connectivity index (χ3v) is 3.06. The molecule has 15 heavy (non-hydrogen) atoms. The van der Waals surface area contributed by atoms with Gasteiger partial charge in [0.15, 0.2) is 0 Å². The summed E-state index contributed by atoms with van der Waals surface area (Å²) in [5.41, 5.74) is 1.10. The van der Waals surface area contributed by atoms with E-state index in [2.05, 4.69) is 4.31 Å². The normalized spacial score (nSPS) is 16.4. The molecule has 1 saturated heterocycles. The summed E-state index contributed by atoms with van der Waals surface area (Å²) in [6, 6.07) is 6.56. The largest absolute Gasteiger partial charge is 0.367 e. The molecule has 1 heterocycles. The fourth-order valence-electron chi connectivity index (χ4n) is 1.32. The molecule has 1 aliphatic heterocycles. The Balaban J connectivity index is 2.11. The Morgan fingerprint density at radius 2 is 2.13 bits per heavy atom. The lowest BCUT2D eigenvalue weighted by Crippen LogP contribution is -2.26. The van der Waals surface area contributed by atoms with Gasteiger partial charge in [-0.3, -0.25) is 10.1 Å². The Morgan fingerprint density at radius 1 is 1.40 bits per heavy atom. The van der Waals surface area contributed by atoms with E-state index >= 15 is 0 Å². The van der Waals surface area contributed by atoms with Crippen LogP contribution in [-0.2, 0) is 4.74 Å². The SMILES string of the molecule is O=[N+]([O-])c1ccc(N2CCOCS2)cc1. The third-order valence-electron chi connectivity index (χ3n) is 2.08. The summed E-state index contributed by atoms with van der Waals surface area (Å²) in [6.45, 7) is 1.51. The first-order valence-electron chi connectivity index (χ1n) is 4.50. The number of rotatable bonds is 2. The molecule has 2 rings (SSSR count). The summed E-state index contributed by atoms with van der Waals surface area (Å²) < 4.78 is 7.27. The molecule has 0 spiro atoms. The average Bonchev–Trinajstić information content (AvgIpc) is 2.30. The van der Waals surface area contributed by atoms with E-state index in [4.69, 9.17) is 4.74 Å². The number of hydrogen-bond acceptors (Lipinski definition) is 5. The summed E-state index contributed by atoms with van der Waals surface area (Å²) in [7, 11) is 0.